The van der Waals surface area contributed by atoms with Gasteiger partial charge in [0.15, 0.2) is 6.10 Å². The number of benzene rings is 2. The Kier molecular flexibility index (Phi) is 17.0. The van der Waals surface area contributed by atoms with E-state index in [4.69, 9.17) is 14.7 Å². The van der Waals surface area contributed by atoms with E-state index in [0.29, 0.717) is 0 Å². The molecule has 0 saturated heterocycles. The molecule has 2 aromatic heterocycles. The molecule has 0 saturated carbocycles. The maximum Gasteiger partial charge on any atom is 1.00 e. The summed E-state index contributed by atoms with van der Waals surface area (Å²) in [7, 11) is 0. The van der Waals surface area contributed by atoms with Crippen LogP contribution in [0.1, 0.15) is 34.8 Å². The fraction of sp³-hybridized carbons (Fsp3) is 0.0714. The Balaban J connectivity index is 0.000000292. The average Bonchev–Trinajstić information content (AvgIpc) is 3.48. The van der Waals surface area contributed by atoms with Crippen LogP contribution in [-0.4, -0.2) is 27.1 Å². The third kappa shape index (κ3) is 12.0. The Morgan fingerprint density at radius 1 is 0.838 bits per heavy atom. The van der Waals surface area contributed by atoms with Crippen molar-refractivity contribution in [2.24, 2.45) is 10.3 Å². The van der Waals surface area contributed by atoms with Crippen LogP contribution in [0.2, 0.25) is 0 Å². The van der Waals surface area contributed by atoms with Gasteiger partial charge in [0.2, 0.25) is 0 Å². The van der Waals surface area contributed by atoms with E-state index in [2.05, 4.69) is 50.9 Å². The Morgan fingerprint density at radius 2 is 1.38 bits per heavy atom. The molecule has 3 heterocycles. The van der Waals surface area contributed by atoms with Crippen molar-refractivity contribution in [1.82, 2.24) is 9.97 Å². The number of pyridine rings is 2. The van der Waals surface area contributed by atoms with Gasteiger partial charge in [-0.15, -0.1) is 0 Å². The second kappa shape index (κ2) is 19.8. The molecule has 1 unspecified atom stereocenters. The topological polar surface area (TPSA) is 103 Å². The van der Waals surface area contributed by atoms with E-state index in [9.17, 15) is 0 Å². The van der Waals surface area contributed by atoms with Gasteiger partial charge in [0.25, 0.3) is 0 Å². The second-order valence-electron chi connectivity index (χ2n) is 7.12. The first-order valence-electron chi connectivity index (χ1n) is 10.9. The molecule has 4 aromatic rings. The molecule has 2 aromatic carbocycles. The maximum absolute atomic E-state index is 8.07. The quantitative estimate of drug-likeness (QED) is 0.191. The van der Waals surface area contributed by atoms with Gasteiger partial charge in [0.1, 0.15) is 0 Å². The number of nitrogens with zero attached hydrogens (tertiary/aromatic N) is 4. The normalized spacial score (nSPS) is 13.0. The van der Waals surface area contributed by atoms with Crippen molar-refractivity contribution in [2.45, 2.75) is 12.5 Å². The molecule has 37 heavy (non-hydrogen) atoms. The third-order valence-corrected chi connectivity index (χ3v) is 4.80. The van der Waals surface area contributed by atoms with Gasteiger partial charge in [0.05, 0.1) is 11.9 Å². The van der Waals surface area contributed by atoms with Gasteiger partial charge in [-0.25, -0.2) is 11.9 Å². The SMILES string of the molecule is C=Cc1ccccc1.O/N=C/c1ccncc1.[Na+].[O-]Cl.c1ccc(C2CC(c3ccncc3)=NO2)cc1. The molecule has 9 heteroatoms. The molecule has 0 radical (unpaired) electrons. The van der Waals surface area contributed by atoms with Crippen molar-refractivity contribution in [3.05, 3.63) is 139 Å². The van der Waals surface area contributed by atoms with Crippen LogP contribution in [0.5, 0.6) is 0 Å². The Bertz CT molecular complexity index is 1180. The maximum atomic E-state index is 8.07. The summed E-state index contributed by atoms with van der Waals surface area (Å²) in [6, 6.07) is 27.6. The van der Waals surface area contributed by atoms with E-state index in [1.165, 1.54) is 17.3 Å². The fourth-order valence-corrected chi connectivity index (χ4v) is 3.04. The van der Waals surface area contributed by atoms with Crippen molar-refractivity contribution in [2.75, 3.05) is 0 Å². The van der Waals surface area contributed by atoms with Crippen LogP contribution < -0.4 is 34.2 Å². The van der Waals surface area contributed by atoms with E-state index in [-0.39, 0.29) is 35.7 Å². The second-order valence-corrected chi connectivity index (χ2v) is 7.12. The molecule has 1 aliphatic rings. The molecule has 184 valence electrons. The summed E-state index contributed by atoms with van der Waals surface area (Å²) in [5.41, 5.74) is 5.25. The van der Waals surface area contributed by atoms with Gasteiger partial charge >= 0.3 is 29.6 Å². The first kappa shape index (κ1) is 31.7. The zero-order valence-electron chi connectivity index (χ0n) is 20.5. The summed E-state index contributed by atoms with van der Waals surface area (Å²) in [6.07, 6.45) is 10.9. The minimum Gasteiger partial charge on any atom is -0.769 e. The zero-order chi connectivity index (χ0) is 25.8. The minimum absolute atomic E-state index is 0. The summed E-state index contributed by atoms with van der Waals surface area (Å²) < 4.78 is 7.72. The van der Waals surface area contributed by atoms with Gasteiger partial charge in [-0.3, -0.25) is 9.97 Å². The van der Waals surface area contributed by atoms with Crippen LogP contribution >= 0.6 is 11.9 Å². The summed E-state index contributed by atoms with van der Waals surface area (Å²) >= 11 is 3.39. The molecule has 7 nitrogen and oxygen atoms in total. The van der Waals surface area contributed by atoms with Gasteiger partial charge in [0, 0.05) is 36.8 Å². The summed E-state index contributed by atoms with van der Waals surface area (Å²) in [5.74, 6) is 0. The Morgan fingerprint density at radius 3 is 1.89 bits per heavy atom. The first-order valence-corrected chi connectivity index (χ1v) is 11.2. The molecule has 0 aliphatic carbocycles. The van der Waals surface area contributed by atoms with Crippen LogP contribution in [0, 0.1) is 0 Å². The number of aromatic nitrogens is 2. The minimum atomic E-state index is 0. The molecule has 0 spiro atoms. The Hall–Kier alpha value is -3.33. The van der Waals surface area contributed by atoms with E-state index < -0.39 is 0 Å². The number of hydrogen-bond acceptors (Lipinski definition) is 7. The average molecular weight is 525 g/mol. The standard InChI is InChI=1S/C14H12N2O.C8H8.C6H6N2O.ClO.Na/c1-2-4-12(5-3-1)14-10-13(16-17-14)11-6-8-15-9-7-11;1-2-8-6-4-3-5-7-8;9-8-5-6-1-3-7-4-2-6;1-2;/h1-9,14H,10H2;2-7H,1H2;1-5,9H;;/q;;;-1;+1/b;;8-5+;;. The first-order chi connectivity index (χ1) is 17.8. The van der Waals surface area contributed by atoms with Crippen molar-refractivity contribution in [1.29, 1.82) is 0 Å². The summed E-state index contributed by atoms with van der Waals surface area (Å²) in [4.78, 5) is 13.3. The number of halogens is 1. The predicted molar refractivity (Wildman–Crippen MR) is 142 cm³/mol. The monoisotopic (exact) mass is 524 g/mol. The van der Waals surface area contributed by atoms with Crippen LogP contribution in [0.25, 0.3) is 6.08 Å². The molecule has 0 fully saturated rings. The van der Waals surface area contributed by atoms with Crippen LogP contribution in [-0.2, 0) is 4.84 Å². The molecule has 1 N–H and O–H groups in total. The van der Waals surface area contributed by atoms with Crippen molar-refractivity contribution in [3.8, 4) is 0 Å². The number of hydrogen-bond donors (Lipinski definition) is 1. The number of oxime groups is 2. The smallest absolute Gasteiger partial charge is 0.769 e. The van der Waals surface area contributed by atoms with Gasteiger partial charge < -0.3 is 14.7 Å². The van der Waals surface area contributed by atoms with Crippen molar-refractivity contribution < 1.29 is 44.3 Å². The van der Waals surface area contributed by atoms with E-state index in [1.54, 1.807) is 36.9 Å². The molecule has 5 rings (SSSR count). The van der Waals surface area contributed by atoms with Crippen molar-refractivity contribution >= 4 is 29.9 Å². The largest absolute Gasteiger partial charge is 1.00 e. The Labute approximate surface area is 244 Å². The molecule has 0 bridgehead atoms. The summed E-state index contributed by atoms with van der Waals surface area (Å²) in [6.45, 7) is 3.63. The molecule has 1 atom stereocenters. The van der Waals surface area contributed by atoms with Crippen LogP contribution in [0.15, 0.2) is 127 Å². The van der Waals surface area contributed by atoms with E-state index in [1.807, 2.05) is 66.7 Å². The fourth-order valence-electron chi connectivity index (χ4n) is 3.04. The molecule has 0 amide bonds. The van der Waals surface area contributed by atoms with E-state index >= 15 is 0 Å². The molecular formula is C28H26ClN4NaO3. The summed E-state index contributed by atoms with van der Waals surface area (Å²) in [5, 5.41) is 15.1. The third-order valence-electron chi connectivity index (χ3n) is 4.80. The van der Waals surface area contributed by atoms with Gasteiger partial charge in [-0.2, -0.15) is 0 Å². The zero-order valence-corrected chi connectivity index (χ0v) is 23.2. The molecule has 1 aliphatic heterocycles. The van der Waals surface area contributed by atoms with E-state index in [0.717, 1.165) is 23.3 Å². The van der Waals surface area contributed by atoms with Crippen LogP contribution in [0.4, 0.5) is 0 Å². The van der Waals surface area contributed by atoms with Crippen molar-refractivity contribution in [3.63, 3.8) is 0 Å². The molecular weight excluding hydrogens is 499 g/mol. The number of rotatable bonds is 4. The van der Waals surface area contributed by atoms with Gasteiger partial charge in [-0.1, -0.05) is 83.6 Å². The predicted octanol–water partition coefficient (Wildman–Crippen LogP) is 2.67. The van der Waals surface area contributed by atoms with Crippen LogP contribution in [0.3, 0.4) is 0 Å². The van der Waals surface area contributed by atoms with Gasteiger partial charge in [-0.05, 0) is 41.0 Å².